The second-order valence-corrected chi connectivity index (χ2v) is 6.60. The lowest BCUT2D eigenvalue weighted by Crippen LogP contribution is -2.17. The van der Waals surface area contributed by atoms with E-state index in [1.54, 1.807) is 7.11 Å². The van der Waals surface area contributed by atoms with Crippen molar-refractivity contribution in [2.24, 2.45) is 0 Å². The third-order valence-corrected chi connectivity index (χ3v) is 4.68. The third kappa shape index (κ3) is 5.60. The van der Waals surface area contributed by atoms with Crippen LogP contribution in [0.4, 0.5) is 0 Å². The van der Waals surface area contributed by atoms with Crippen LogP contribution in [0.1, 0.15) is 22.3 Å². The molecule has 0 unspecified atom stereocenters. The second-order valence-electron chi connectivity index (χ2n) is 6.60. The fourth-order valence-corrected chi connectivity index (χ4v) is 2.97. The number of hydrogen-bond acceptors (Lipinski definition) is 3. The molecule has 3 aromatic rings. The number of hydrogen-bond donors (Lipinski definition) is 1. The summed E-state index contributed by atoms with van der Waals surface area (Å²) in [5.74, 6) is 1.84. The molecular weight excluding hydrogens is 334 g/mol. The van der Waals surface area contributed by atoms with Crippen molar-refractivity contribution in [3.63, 3.8) is 0 Å². The van der Waals surface area contributed by atoms with Gasteiger partial charge in [0.05, 0.1) is 7.11 Å². The van der Waals surface area contributed by atoms with Gasteiger partial charge in [-0.2, -0.15) is 0 Å². The van der Waals surface area contributed by atoms with E-state index in [0.29, 0.717) is 6.61 Å². The third-order valence-electron chi connectivity index (χ3n) is 4.68. The Bertz CT molecular complexity index is 843. The van der Waals surface area contributed by atoms with Gasteiger partial charge in [-0.05, 0) is 54.8 Å². The quantitative estimate of drug-likeness (QED) is 0.549. The van der Waals surface area contributed by atoms with Crippen molar-refractivity contribution in [2.75, 3.05) is 13.7 Å². The standard InChI is InChI=1S/C24H27NO2/c1-19-7-3-4-9-22(19)18-27-24-10-6-5-8-21(24)17-25-16-15-20-11-13-23(26-2)14-12-20/h3-14,25H,15-18H2,1-2H3. The molecule has 1 N–H and O–H groups in total. The molecule has 0 amide bonds. The highest BCUT2D eigenvalue weighted by molar-refractivity contribution is 5.34. The van der Waals surface area contributed by atoms with E-state index in [4.69, 9.17) is 9.47 Å². The molecule has 0 aromatic heterocycles. The van der Waals surface area contributed by atoms with Gasteiger partial charge in [-0.25, -0.2) is 0 Å². The highest BCUT2D eigenvalue weighted by atomic mass is 16.5. The van der Waals surface area contributed by atoms with Crippen molar-refractivity contribution >= 4 is 0 Å². The van der Waals surface area contributed by atoms with Crippen LogP contribution in [0, 0.1) is 6.92 Å². The van der Waals surface area contributed by atoms with Gasteiger partial charge in [0.1, 0.15) is 18.1 Å². The maximum Gasteiger partial charge on any atom is 0.124 e. The molecule has 27 heavy (non-hydrogen) atoms. The van der Waals surface area contributed by atoms with Crippen molar-refractivity contribution in [3.8, 4) is 11.5 Å². The molecule has 3 aromatic carbocycles. The summed E-state index contributed by atoms with van der Waals surface area (Å²) < 4.78 is 11.3. The number of ether oxygens (including phenoxy) is 2. The number of rotatable bonds is 9. The lowest BCUT2D eigenvalue weighted by atomic mass is 10.1. The van der Waals surface area contributed by atoms with Crippen LogP contribution in [0.2, 0.25) is 0 Å². The zero-order chi connectivity index (χ0) is 18.9. The highest BCUT2D eigenvalue weighted by Crippen LogP contribution is 2.20. The lowest BCUT2D eigenvalue weighted by Gasteiger charge is -2.13. The van der Waals surface area contributed by atoms with E-state index in [1.165, 1.54) is 22.3 Å². The fraction of sp³-hybridized carbons (Fsp3) is 0.250. The van der Waals surface area contributed by atoms with E-state index >= 15 is 0 Å². The van der Waals surface area contributed by atoms with Crippen molar-refractivity contribution in [1.82, 2.24) is 5.32 Å². The fourth-order valence-electron chi connectivity index (χ4n) is 2.97. The van der Waals surface area contributed by atoms with Crippen LogP contribution in [0.15, 0.2) is 72.8 Å². The van der Waals surface area contributed by atoms with Gasteiger partial charge in [-0.3, -0.25) is 0 Å². The maximum absolute atomic E-state index is 6.09. The van der Waals surface area contributed by atoms with Crippen LogP contribution in [0.25, 0.3) is 0 Å². The predicted octanol–water partition coefficient (Wildman–Crippen LogP) is 4.91. The van der Waals surface area contributed by atoms with Gasteiger partial charge in [0.15, 0.2) is 0 Å². The Morgan fingerprint density at radius 3 is 2.26 bits per heavy atom. The number of benzene rings is 3. The molecule has 3 rings (SSSR count). The first-order chi connectivity index (χ1) is 13.3. The zero-order valence-electron chi connectivity index (χ0n) is 16.1. The minimum atomic E-state index is 0.593. The Balaban J connectivity index is 1.50. The Morgan fingerprint density at radius 1 is 0.815 bits per heavy atom. The molecule has 0 spiro atoms. The molecule has 0 saturated heterocycles. The molecule has 0 atom stereocenters. The van der Waals surface area contributed by atoms with E-state index in [2.05, 4.69) is 60.8 Å². The topological polar surface area (TPSA) is 30.5 Å². The second kappa shape index (κ2) is 9.79. The van der Waals surface area contributed by atoms with Gasteiger partial charge in [0, 0.05) is 12.1 Å². The molecule has 0 radical (unpaired) electrons. The number of methoxy groups -OCH3 is 1. The first-order valence-corrected chi connectivity index (χ1v) is 9.35. The minimum Gasteiger partial charge on any atom is -0.497 e. The normalized spacial score (nSPS) is 10.6. The molecule has 0 aliphatic rings. The van der Waals surface area contributed by atoms with Crippen LogP contribution >= 0.6 is 0 Å². The molecular formula is C24H27NO2. The molecule has 0 aliphatic heterocycles. The number of nitrogens with one attached hydrogen (secondary N) is 1. The summed E-state index contributed by atoms with van der Waals surface area (Å²) in [5, 5.41) is 3.52. The molecule has 0 saturated carbocycles. The summed E-state index contributed by atoms with van der Waals surface area (Å²) in [7, 11) is 1.69. The first-order valence-electron chi connectivity index (χ1n) is 9.35. The van der Waals surface area contributed by atoms with Crippen molar-refractivity contribution in [1.29, 1.82) is 0 Å². The summed E-state index contributed by atoms with van der Waals surface area (Å²) in [6, 6.07) is 24.8. The van der Waals surface area contributed by atoms with Gasteiger partial charge in [0.25, 0.3) is 0 Å². The van der Waals surface area contributed by atoms with Gasteiger partial charge in [-0.1, -0.05) is 54.6 Å². The van der Waals surface area contributed by atoms with E-state index in [1.807, 2.05) is 24.3 Å². The zero-order valence-corrected chi connectivity index (χ0v) is 16.1. The smallest absolute Gasteiger partial charge is 0.124 e. The summed E-state index contributed by atoms with van der Waals surface area (Å²) in [6.45, 7) is 4.42. The summed E-state index contributed by atoms with van der Waals surface area (Å²) in [5.41, 5.74) is 4.96. The molecule has 0 fully saturated rings. The SMILES string of the molecule is COc1ccc(CCNCc2ccccc2OCc2ccccc2C)cc1. The molecule has 3 nitrogen and oxygen atoms in total. The number of para-hydroxylation sites is 1. The number of aryl methyl sites for hydroxylation is 1. The Morgan fingerprint density at radius 2 is 1.52 bits per heavy atom. The lowest BCUT2D eigenvalue weighted by molar-refractivity contribution is 0.301. The first kappa shape index (κ1) is 19.0. The van der Waals surface area contributed by atoms with Crippen LogP contribution < -0.4 is 14.8 Å². The molecule has 0 bridgehead atoms. The summed E-state index contributed by atoms with van der Waals surface area (Å²) in [6.07, 6.45) is 0.982. The van der Waals surface area contributed by atoms with Crippen LogP contribution in [-0.4, -0.2) is 13.7 Å². The van der Waals surface area contributed by atoms with Gasteiger partial charge in [-0.15, -0.1) is 0 Å². The monoisotopic (exact) mass is 361 g/mol. The van der Waals surface area contributed by atoms with Gasteiger partial charge < -0.3 is 14.8 Å². The molecule has 0 aliphatic carbocycles. The van der Waals surface area contributed by atoms with E-state index < -0.39 is 0 Å². The Kier molecular flexibility index (Phi) is 6.89. The van der Waals surface area contributed by atoms with Crippen molar-refractivity contribution < 1.29 is 9.47 Å². The van der Waals surface area contributed by atoms with Crippen LogP contribution in [0.3, 0.4) is 0 Å². The highest BCUT2D eigenvalue weighted by Gasteiger charge is 2.04. The average Bonchev–Trinajstić information content (AvgIpc) is 2.72. The molecule has 0 heterocycles. The molecule has 140 valence electrons. The predicted molar refractivity (Wildman–Crippen MR) is 110 cm³/mol. The summed E-state index contributed by atoms with van der Waals surface area (Å²) >= 11 is 0. The van der Waals surface area contributed by atoms with Crippen molar-refractivity contribution in [2.45, 2.75) is 26.5 Å². The van der Waals surface area contributed by atoms with E-state index in [-0.39, 0.29) is 0 Å². The minimum absolute atomic E-state index is 0.593. The van der Waals surface area contributed by atoms with Gasteiger partial charge in [0.2, 0.25) is 0 Å². The van der Waals surface area contributed by atoms with Crippen LogP contribution in [-0.2, 0) is 19.6 Å². The molecule has 3 heteroatoms. The van der Waals surface area contributed by atoms with Crippen LogP contribution in [0.5, 0.6) is 11.5 Å². The Hall–Kier alpha value is -2.78. The van der Waals surface area contributed by atoms with Crippen molar-refractivity contribution in [3.05, 3.63) is 95.1 Å². The van der Waals surface area contributed by atoms with Gasteiger partial charge >= 0.3 is 0 Å². The maximum atomic E-state index is 6.09. The largest absolute Gasteiger partial charge is 0.497 e. The Labute approximate surface area is 162 Å². The average molecular weight is 361 g/mol. The van der Waals surface area contributed by atoms with E-state index in [0.717, 1.165) is 31.0 Å². The van der Waals surface area contributed by atoms with E-state index in [9.17, 15) is 0 Å². The summed E-state index contributed by atoms with van der Waals surface area (Å²) in [4.78, 5) is 0.